The predicted molar refractivity (Wildman–Crippen MR) is 123 cm³/mol. The minimum Gasteiger partial charge on any atom is -0.467 e. The van der Waals surface area contributed by atoms with Gasteiger partial charge in [-0.1, -0.05) is 23.9 Å². The number of rotatable bonds is 7. The van der Waals surface area contributed by atoms with Crippen molar-refractivity contribution in [1.29, 1.82) is 0 Å². The first-order valence-corrected chi connectivity index (χ1v) is 11.1. The number of hydrogen-bond donors (Lipinski definition) is 1. The Hall–Kier alpha value is -3.26. The fourth-order valence-electron chi connectivity index (χ4n) is 3.52. The van der Waals surface area contributed by atoms with Crippen molar-refractivity contribution in [3.05, 3.63) is 76.1 Å². The van der Waals surface area contributed by atoms with E-state index in [0.29, 0.717) is 28.5 Å². The average Bonchev–Trinajstić information content (AvgIpc) is 3.38. The molecule has 0 atom stereocenters. The van der Waals surface area contributed by atoms with Gasteiger partial charge in [-0.15, -0.1) is 0 Å². The summed E-state index contributed by atoms with van der Waals surface area (Å²) < 4.78 is 6.99. The van der Waals surface area contributed by atoms with E-state index in [1.165, 1.54) is 11.8 Å². The fourth-order valence-corrected chi connectivity index (χ4v) is 4.40. The number of carbonyl (C=O) groups excluding carboxylic acids is 1. The summed E-state index contributed by atoms with van der Waals surface area (Å²) in [6.07, 6.45) is 1.57. The summed E-state index contributed by atoms with van der Waals surface area (Å²) in [6, 6.07) is 13.3. The first kappa shape index (κ1) is 21.0. The molecule has 31 heavy (non-hydrogen) atoms. The van der Waals surface area contributed by atoms with Crippen LogP contribution in [0.25, 0.3) is 11.0 Å². The number of fused-ring (bicyclic) bond motifs is 1. The van der Waals surface area contributed by atoms with Crippen LogP contribution in [0.15, 0.2) is 63.1 Å². The number of furan rings is 1. The summed E-state index contributed by atoms with van der Waals surface area (Å²) in [6.45, 7) is 6.64. The van der Waals surface area contributed by atoms with E-state index in [9.17, 15) is 9.59 Å². The van der Waals surface area contributed by atoms with Gasteiger partial charge in [-0.3, -0.25) is 14.2 Å². The van der Waals surface area contributed by atoms with Crippen LogP contribution in [0.5, 0.6) is 0 Å². The van der Waals surface area contributed by atoms with E-state index in [1.807, 2.05) is 57.2 Å². The summed E-state index contributed by atoms with van der Waals surface area (Å²) in [4.78, 5) is 35.6. The molecule has 1 N–H and O–H groups in total. The smallest absolute Gasteiger partial charge is 0.278 e. The summed E-state index contributed by atoms with van der Waals surface area (Å²) in [5, 5.41) is 0.488. The van der Waals surface area contributed by atoms with Crippen molar-refractivity contribution in [2.75, 3.05) is 17.2 Å². The first-order chi connectivity index (χ1) is 15.0. The minimum absolute atomic E-state index is 0.0396. The lowest BCUT2D eigenvalue weighted by atomic mass is 10.2. The predicted octanol–water partition coefficient (Wildman–Crippen LogP) is 4.13. The van der Waals surface area contributed by atoms with Gasteiger partial charge in [0.25, 0.3) is 5.56 Å². The number of aryl methyl sites for hydroxylation is 2. The maximum absolute atomic E-state index is 13.1. The van der Waals surface area contributed by atoms with Crippen LogP contribution in [0, 0.1) is 13.8 Å². The SMILES string of the molecule is CCN(C(=O)CSc1nc2cc(C)[nH]c2c(=O)n1Cc1ccco1)c1cccc(C)c1. The number of nitrogens with zero attached hydrogens (tertiary/aromatic N) is 3. The normalized spacial score (nSPS) is 11.2. The van der Waals surface area contributed by atoms with Crippen molar-refractivity contribution < 1.29 is 9.21 Å². The molecule has 160 valence electrons. The van der Waals surface area contributed by atoms with Crippen molar-refractivity contribution in [2.24, 2.45) is 0 Å². The zero-order valence-corrected chi connectivity index (χ0v) is 18.5. The highest BCUT2D eigenvalue weighted by atomic mass is 32.2. The van der Waals surface area contributed by atoms with E-state index in [1.54, 1.807) is 21.8 Å². The number of aromatic nitrogens is 3. The van der Waals surface area contributed by atoms with Crippen LogP contribution < -0.4 is 10.5 Å². The highest BCUT2D eigenvalue weighted by molar-refractivity contribution is 7.99. The van der Waals surface area contributed by atoms with Gasteiger partial charge in [-0.2, -0.15) is 0 Å². The number of aromatic amines is 1. The van der Waals surface area contributed by atoms with Crippen molar-refractivity contribution in [2.45, 2.75) is 32.5 Å². The summed E-state index contributed by atoms with van der Waals surface area (Å²) in [7, 11) is 0. The van der Waals surface area contributed by atoms with Gasteiger partial charge < -0.3 is 14.3 Å². The lowest BCUT2D eigenvalue weighted by Gasteiger charge is -2.21. The van der Waals surface area contributed by atoms with Crippen LogP contribution >= 0.6 is 11.8 Å². The Morgan fingerprint density at radius 1 is 1.23 bits per heavy atom. The van der Waals surface area contributed by atoms with Gasteiger partial charge in [0.1, 0.15) is 11.3 Å². The number of benzene rings is 1. The molecule has 0 saturated heterocycles. The second-order valence-corrected chi connectivity index (χ2v) is 8.29. The van der Waals surface area contributed by atoms with Crippen molar-refractivity contribution in [1.82, 2.24) is 14.5 Å². The molecule has 0 fully saturated rings. The zero-order chi connectivity index (χ0) is 22.0. The molecule has 0 radical (unpaired) electrons. The molecule has 4 aromatic rings. The first-order valence-electron chi connectivity index (χ1n) is 10.1. The Morgan fingerprint density at radius 2 is 2.06 bits per heavy atom. The van der Waals surface area contributed by atoms with Gasteiger partial charge >= 0.3 is 0 Å². The number of thioether (sulfide) groups is 1. The molecule has 3 heterocycles. The summed E-state index contributed by atoms with van der Waals surface area (Å²) >= 11 is 1.26. The van der Waals surface area contributed by atoms with Crippen LogP contribution in [0.2, 0.25) is 0 Å². The summed E-state index contributed by atoms with van der Waals surface area (Å²) in [5.74, 6) is 0.776. The third kappa shape index (κ3) is 4.44. The van der Waals surface area contributed by atoms with Crippen molar-refractivity contribution in [3.8, 4) is 0 Å². The highest BCUT2D eigenvalue weighted by Gasteiger charge is 2.19. The van der Waals surface area contributed by atoms with Crippen molar-refractivity contribution >= 4 is 34.4 Å². The largest absolute Gasteiger partial charge is 0.467 e. The third-order valence-electron chi connectivity index (χ3n) is 4.99. The lowest BCUT2D eigenvalue weighted by molar-refractivity contribution is -0.116. The maximum atomic E-state index is 13.1. The van der Waals surface area contributed by atoms with E-state index in [4.69, 9.17) is 4.42 Å². The molecule has 0 bridgehead atoms. The molecular weight excluding hydrogens is 412 g/mol. The summed E-state index contributed by atoms with van der Waals surface area (Å²) in [5.41, 5.74) is 3.69. The quantitative estimate of drug-likeness (QED) is 0.348. The second-order valence-electron chi connectivity index (χ2n) is 7.34. The van der Waals surface area contributed by atoms with Gasteiger partial charge in [0, 0.05) is 17.9 Å². The highest BCUT2D eigenvalue weighted by Crippen LogP contribution is 2.22. The van der Waals surface area contributed by atoms with Crippen molar-refractivity contribution in [3.63, 3.8) is 0 Å². The molecule has 4 rings (SSSR count). The van der Waals surface area contributed by atoms with E-state index in [-0.39, 0.29) is 23.8 Å². The topological polar surface area (TPSA) is 84.1 Å². The number of hydrogen-bond acceptors (Lipinski definition) is 5. The number of H-pyrrole nitrogens is 1. The average molecular weight is 437 g/mol. The van der Waals surface area contributed by atoms with Crippen LogP contribution in [-0.2, 0) is 11.3 Å². The monoisotopic (exact) mass is 436 g/mol. The number of amides is 1. The van der Waals surface area contributed by atoms with Crippen LogP contribution in [0.3, 0.4) is 0 Å². The van der Waals surface area contributed by atoms with Crippen LogP contribution in [-0.4, -0.2) is 32.7 Å². The van der Waals surface area contributed by atoms with E-state index < -0.39 is 0 Å². The Morgan fingerprint density at radius 3 is 2.77 bits per heavy atom. The van der Waals surface area contributed by atoms with Crippen LogP contribution in [0.4, 0.5) is 5.69 Å². The van der Waals surface area contributed by atoms with Gasteiger partial charge in [0.05, 0.1) is 24.1 Å². The van der Waals surface area contributed by atoms with Gasteiger partial charge in [0.15, 0.2) is 5.16 Å². The Balaban J connectivity index is 1.63. The third-order valence-corrected chi connectivity index (χ3v) is 5.95. The Kier molecular flexibility index (Phi) is 5.99. The Bertz CT molecular complexity index is 1270. The lowest BCUT2D eigenvalue weighted by Crippen LogP contribution is -2.32. The molecule has 0 unspecified atom stereocenters. The molecule has 7 nitrogen and oxygen atoms in total. The molecule has 8 heteroatoms. The van der Waals surface area contributed by atoms with E-state index in [2.05, 4.69) is 9.97 Å². The van der Waals surface area contributed by atoms with Gasteiger partial charge in [-0.05, 0) is 56.7 Å². The van der Waals surface area contributed by atoms with E-state index in [0.717, 1.165) is 16.9 Å². The Labute approximate surface area is 184 Å². The number of carbonyl (C=O) groups is 1. The van der Waals surface area contributed by atoms with Gasteiger partial charge in [-0.25, -0.2) is 4.98 Å². The standard InChI is InChI=1S/C23H24N4O3S/c1-4-26(17-8-5-7-15(2)11-17)20(28)14-31-23-25-19-12-16(3)24-21(19)22(29)27(23)13-18-9-6-10-30-18/h5-12,24H,4,13-14H2,1-3H3. The number of anilines is 1. The molecule has 0 aliphatic heterocycles. The molecule has 0 spiro atoms. The molecular formula is C23H24N4O3S. The fraction of sp³-hybridized carbons (Fsp3) is 0.261. The second kappa shape index (κ2) is 8.85. The maximum Gasteiger partial charge on any atom is 0.278 e. The molecule has 3 aromatic heterocycles. The zero-order valence-electron chi connectivity index (χ0n) is 17.7. The molecule has 1 aromatic carbocycles. The molecule has 0 aliphatic rings. The minimum atomic E-state index is -0.185. The molecule has 1 amide bonds. The number of nitrogens with one attached hydrogen (secondary N) is 1. The molecule has 0 saturated carbocycles. The van der Waals surface area contributed by atoms with Crippen LogP contribution in [0.1, 0.15) is 23.9 Å². The van der Waals surface area contributed by atoms with E-state index >= 15 is 0 Å². The van der Waals surface area contributed by atoms with Gasteiger partial charge in [0.2, 0.25) is 5.91 Å². The molecule has 0 aliphatic carbocycles.